The molecule has 132 valence electrons. The van der Waals surface area contributed by atoms with E-state index in [2.05, 4.69) is 11.9 Å². The maximum absolute atomic E-state index is 12.7. The number of methoxy groups -OCH3 is 1. The molecule has 1 aliphatic carbocycles. The second-order valence-electron chi connectivity index (χ2n) is 6.78. The lowest BCUT2D eigenvalue weighted by atomic mass is 9.71. The summed E-state index contributed by atoms with van der Waals surface area (Å²) in [6.07, 6.45) is 2.15. The van der Waals surface area contributed by atoms with Gasteiger partial charge < -0.3 is 15.0 Å². The van der Waals surface area contributed by atoms with E-state index in [9.17, 15) is 9.59 Å². The molecular weight excluding hydrogens is 316 g/mol. The topological polar surface area (TPSA) is 58.6 Å². The fourth-order valence-corrected chi connectivity index (χ4v) is 3.74. The molecule has 0 bridgehead atoms. The Bertz CT molecular complexity index is 747. The quantitative estimate of drug-likeness (QED) is 0.858. The van der Waals surface area contributed by atoms with E-state index in [0.29, 0.717) is 17.7 Å². The minimum atomic E-state index is -0.601. The van der Waals surface area contributed by atoms with Gasteiger partial charge in [0.15, 0.2) is 5.78 Å². The van der Waals surface area contributed by atoms with Crippen molar-refractivity contribution in [3.63, 3.8) is 0 Å². The van der Waals surface area contributed by atoms with Crippen LogP contribution in [0.1, 0.15) is 30.7 Å². The maximum atomic E-state index is 12.7. The molecule has 1 aromatic rings. The Balaban J connectivity index is 2.12. The van der Waals surface area contributed by atoms with Crippen LogP contribution in [0.2, 0.25) is 0 Å². The largest absolute Gasteiger partial charge is 0.468 e. The Labute approximate surface area is 148 Å². The molecule has 5 nitrogen and oxygen atoms in total. The molecule has 0 spiro atoms. The van der Waals surface area contributed by atoms with Gasteiger partial charge in [0.05, 0.1) is 7.11 Å². The van der Waals surface area contributed by atoms with Crippen molar-refractivity contribution in [2.45, 2.75) is 25.2 Å². The number of anilines is 1. The highest BCUT2D eigenvalue weighted by Gasteiger charge is 2.43. The predicted octanol–water partition coefficient (Wildman–Crippen LogP) is 2.75. The zero-order chi connectivity index (χ0) is 18.1. The lowest BCUT2D eigenvalue weighted by Crippen LogP contribution is -2.40. The summed E-state index contributed by atoms with van der Waals surface area (Å²) in [5.41, 5.74) is 4.22. The summed E-state index contributed by atoms with van der Waals surface area (Å²) in [5, 5.41) is 3.20. The third kappa shape index (κ3) is 3.06. The number of rotatable bonds is 3. The summed E-state index contributed by atoms with van der Waals surface area (Å²) in [7, 11) is 5.32. The van der Waals surface area contributed by atoms with Crippen LogP contribution in [0.4, 0.5) is 5.69 Å². The molecule has 0 saturated heterocycles. The third-order valence-corrected chi connectivity index (χ3v) is 5.01. The number of allylic oxidation sites excluding steroid dienone is 2. The number of hydrogen-bond acceptors (Lipinski definition) is 5. The van der Waals surface area contributed by atoms with Crippen molar-refractivity contribution in [1.29, 1.82) is 0 Å². The van der Waals surface area contributed by atoms with Crippen molar-refractivity contribution >= 4 is 17.4 Å². The normalized spacial score (nSPS) is 23.0. The van der Waals surface area contributed by atoms with Gasteiger partial charge in [-0.05, 0) is 30.5 Å². The van der Waals surface area contributed by atoms with E-state index in [1.54, 1.807) is 0 Å². The highest BCUT2D eigenvalue weighted by atomic mass is 16.5. The molecule has 1 aliphatic heterocycles. The molecule has 0 aromatic heterocycles. The SMILES string of the molecule is C=C1NC2=C(C(=O)CCC2)C(c2ccc(N(C)C)cc2)C1C(=O)OC. The van der Waals surface area contributed by atoms with Crippen molar-refractivity contribution in [1.82, 2.24) is 5.32 Å². The fraction of sp³-hybridized carbons (Fsp3) is 0.400. The minimum Gasteiger partial charge on any atom is -0.468 e. The maximum Gasteiger partial charge on any atom is 0.315 e. The van der Waals surface area contributed by atoms with Crippen molar-refractivity contribution in [3.05, 3.63) is 53.4 Å². The summed E-state index contributed by atoms with van der Waals surface area (Å²) in [4.78, 5) is 27.1. The van der Waals surface area contributed by atoms with Crippen LogP contribution in [0, 0.1) is 5.92 Å². The standard InChI is InChI=1S/C20H24N2O3/c1-12-17(20(24)25-4)18(13-8-10-14(11-9-13)22(2)3)19-15(21-12)6-5-7-16(19)23/h8-11,17-18,21H,1,5-7H2,2-4H3. The average Bonchev–Trinajstić information content (AvgIpc) is 2.60. The number of hydrogen-bond donors (Lipinski definition) is 1. The molecule has 1 heterocycles. The van der Waals surface area contributed by atoms with E-state index in [1.807, 2.05) is 43.3 Å². The number of esters is 1. The minimum absolute atomic E-state index is 0.108. The van der Waals surface area contributed by atoms with Gasteiger partial charge >= 0.3 is 5.97 Å². The van der Waals surface area contributed by atoms with E-state index >= 15 is 0 Å². The van der Waals surface area contributed by atoms with Crippen molar-refractivity contribution < 1.29 is 14.3 Å². The average molecular weight is 340 g/mol. The van der Waals surface area contributed by atoms with Crippen LogP contribution in [0.15, 0.2) is 47.8 Å². The van der Waals surface area contributed by atoms with Crippen LogP contribution in [-0.2, 0) is 14.3 Å². The molecule has 1 N–H and O–H groups in total. The monoisotopic (exact) mass is 340 g/mol. The number of carbonyl (C=O) groups is 2. The van der Waals surface area contributed by atoms with Gasteiger partial charge in [-0.1, -0.05) is 18.7 Å². The van der Waals surface area contributed by atoms with Gasteiger partial charge in [0.25, 0.3) is 0 Å². The van der Waals surface area contributed by atoms with Crippen molar-refractivity contribution in [2.75, 3.05) is 26.1 Å². The molecule has 3 rings (SSSR count). The Kier molecular flexibility index (Phi) is 4.66. The summed E-state index contributed by atoms with van der Waals surface area (Å²) < 4.78 is 5.01. The molecule has 2 unspecified atom stereocenters. The first kappa shape index (κ1) is 17.3. The number of ketones is 1. The van der Waals surface area contributed by atoms with Gasteiger partial charge in [-0.2, -0.15) is 0 Å². The first-order valence-electron chi connectivity index (χ1n) is 8.51. The Hall–Kier alpha value is -2.56. The fourth-order valence-electron chi connectivity index (χ4n) is 3.74. The highest BCUT2D eigenvalue weighted by molar-refractivity contribution is 6.00. The summed E-state index contributed by atoms with van der Waals surface area (Å²) >= 11 is 0. The molecule has 0 amide bonds. The first-order chi connectivity index (χ1) is 11.9. The molecule has 2 aliphatic rings. The number of nitrogens with zero attached hydrogens (tertiary/aromatic N) is 1. The Morgan fingerprint density at radius 2 is 1.92 bits per heavy atom. The molecule has 1 aromatic carbocycles. The number of benzene rings is 1. The molecule has 25 heavy (non-hydrogen) atoms. The van der Waals surface area contributed by atoms with Gasteiger partial charge in [0, 0.05) is 49.1 Å². The molecule has 0 saturated carbocycles. The van der Waals surface area contributed by atoms with Crippen molar-refractivity contribution in [2.24, 2.45) is 5.92 Å². The smallest absolute Gasteiger partial charge is 0.315 e. The molecule has 0 fully saturated rings. The van der Waals surface area contributed by atoms with E-state index in [0.717, 1.165) is 29.8 Å². The van der Waals surface area contributed by atoms with Crippen LogP contribution in [0.25, 0.3) is 0 Å². The van der Waals surface area contributed by atoms with Crippen LogP contribution >= 0.6 is 0 Å². The van der Waals surface area contributed by atoms with Gasteiger partial charge in [-0.3, -0.25) is 9.59 Å². The number of ether oxygens (including phenoxy) is 1. The summed E-state index contributed by atoms with van der Waals surface area (Å²) in [6, 6.07) is 7.98. The summed E-state index contributed by atoms with van der Waals surface area (Å²) in [5.74, 6) is -1.21. The van der Waals surface area contributed by atoms with Crippen LogP contribution in [0.5, 0.6) is 0 Å². The van der Waals surface area contributed by atoms with Gasteiger partial charge in [-0.25, -0.2) is 0 Å². The number of nitrogens with one attached hydrogen (secondary N) is 1. The predicted molar refractivity (Wildman–Crippen MR) is 97.2 cm³/mol. The lowest BCUT2D eigenvalue weighted by Gasteiger charge is -2.38. The van der Waals surface area contributed by atoms with Crippen LogP contribution in [0.3, 0.4) is 0 Å². The van der Waals surface area contributed by atoms with E-state index in [-0.39, 0.29) is 17.7 Å². The van der Waals surface area contributed by atoms with E-state index in [4.69, 9.17) is 4.74 Å². The highest BCUT2D eigenvalue weighted by Crippen LogP contribution is 2.44. The zero-order valence-corrected chi connectivity index (χ0v) is 15.0. The second-order valence-corrected chi connectivity index (χ2v) is 6.78. The molecule has 5 heteroatoms. The van der Waals surface area contributed by atoms with Crippen LogP contribution in [-0.4, -0.2) is 33.0 Å². The van der Waals surface area contributed by atoms with E-state index < -0.39 is 5.92 Å². The van der Waals surface area contributed by atoms with Crippen LogP contribution < -0.4 is 10.2 Å². The Morgan fingerprint density at radius 1 is 1.24 bits per heavy atom. The molecule has 0 radical (unpaired) electrons. The van der Waals surface area contributed by atoms with E-state index in [1.165, 1.54) is 7.11 Å². The van der Waals surface area contributed by atoms with Gasteiger partial charge in [-0.15, -0.1) is 0 Å². The first-order valence-corrected chi connectivity index (χ1v) is 8.51. The third-order valence-electron chi connectivity index (χ3n) is 5.01. The van der Waals surface area contributed by atoms with Crippen molar-refractivity contribution in [3.8, 4) is 0 Å². The lowest BCUT2D eigenvalue weighted by molar-refractivity contribution is -0.144. The van der Waals surface area contributed by atoms with Gasteiger partial charge in [0.1, 0.15) is 5.92 Å². The van der Waals surface area contributed by atoms with Gasteiger partial charge in [0.2, 0.25) is 0 Å². The zero-order valence-electron chi connectivity index (χ0n) is 15.0. The second kappa shape index (κ2) is 6.75. The number of carbonyl (C=O) groups excluding carboxylic acids is 2. The Morgan fingerprint density at radius 3 is 2.52 bits per heavy atom. The number of Topliss-reactive ketones (excluding diaryl/α,β-unsaturated/α-hetero) is 1. The molecular formula is C20H24N2O3. The summed E-state index contributed by atoms with van der Waals surface area (Å²) in [6.45, 7) is 4.04. The molecule has 2 atom stereocenters.